The number of carbonyl (C=O) groups is 1. The molecule has 1 amide bonds. The number of nitrogens with one attached hydrogen (secondary N) is 1. The summed E-state index contributed by atoms with van der Waals surface area (Å²) in [6.45, 7) is 0. The minimum absolute atomic E-state index is 0.341. The number of anilines is 1. The molecule has 1 N–H and O–H groups in total. The Morgan fingerprint density at radius 3 is 2.32 bits per heavy atom. The first-order chi connectivity index (χ1) is 8.99. The van der Waals surface area contributed by atoms with E-state index in [9.17, 15) is 22.4 Å². The Kier molecular flexibility index (Phi) is 3.50. The maximum atomic E-state index is 13.3. The number of hydrogen-bond donors (Lipinski definition) is 1. The number of carbonyl (C=O) groups excluding carboxylic acids is 1. The molecule has 0 aromatic heterocycles. The molecule has 0 heterocycles. The average molecular weight is 269 g/mol. The number of hydrogen-bond acceptors (Lipinski definition) is 1. The van der Waals surface area contributed by atoms with Crippen LogP contribution in [0, 0.1) is 23.3 Å². The van der Waals surface area contributed by atoms with Crippen LogP contribution in [0.2, 0.25) is 0 Å². The zero-order chi connectivity index (χ0) is 14.0. The highest BCUT2D eigenvalue weighted by atomic mass is 19.2. The molecule has 19 heavy (non-hydrogen) atoms. The molecule has 0 aliphatic rings. The standard InChI is InChI=1S/C13H7F4NO/c14-7-5-10(16)12(17)11(6-7)18-13(19)8-3-1-2-4-9(8)15/h1-6H,(H,18,19). The monoisotopic (exact) mass is 269 g/mol. The van der Waals surface area contributed by atoms with Crippen LogP contribution in [0.4, 0.5) is 23.2 Å². The summed E-state index contributed by atoms with van der Waals surface area (Å²) in [4.78, 5) is 11.6. The van der Waals surface area contributed by atoms with Crippen LogP contribution in [0.3, 0.4) is 0 Å². The van der Waals surface area contributed by atoms with E-state index in [2.05, 4.69) is 0 Å². The molecule has 0 unspecified atom stereocenters. The topological polar surface area (TPSA) is 29.1 Å². The van der Waals surface area contributed by atoms with Crippen LogP contribution in [0.15, 0.2) is 36.4 Å². The van der Waals surface area contributed by atoms with Crippen molar-refractivity contribution < 1.29 is 22.4 Å². The van der Waals surface area contributed by atoms with Gasteiger partial charge in [-0.1, -0.05) is 12.1 Å². The first-order valence-electron chi connectivity index (χ1n) is 5.19. The smallest absolute Gasteiger partial charge is 0.258 e. The molecule has 6 heteroatoms. The van der Waals surface area contributed by atoms with Crippen molar-refractivity contribution in [3.05, 3.63) is 65.2 Å². The lowest BCUT2D eigenvalue weighted by atomic mass is 10.2. The largest absolute Gasteiger partial charge is 0.319 e. The van der Waals surface area contributed by atoms with Gasteiger partial charge in [0, 0.05) is 12.1 Å². The second-order valence-electron chi connectivity index (χ2n) is 3.68. The predicted molar refractivity (Wildman–Crippen MR) is 60.7 cm³/mol. The van der Waals surface area contributed by atoms with Crippen LogP contribution in [-0.4, -0.2) is 5.91 Å². The van der Waals surface area contributed by atoms with Gasteiger partial charge in [-0.25, -0.2) is 17.6 Å². The Bertz CT molecular complexity index is 643. The van der Waals surface area contributed by atoms with Gasteiger partial charge >= 0.3 is 0 Å². The number of rotatable bonds is 2. The van der Waals surface area contributed by atoms with Crippen molar-refractivity contribution in [2.45, 2.75) is 0 Å². The van der Waals surface area contributed by atoms with Gasteiger partial charge in [0.2, 0.25) is 0 Å². The Morgan fingerprint density at radius 2 is 1.63 bits per heavy atom. The van der Waals surface area contributed by atoms with Gasteiger partial charge in [0.05, 0.1) is 11.3 Å². The SMILES string of the molecule is O=C(Nc1cc(F)cc(F)c1F)c1ccccc1F. The molecule has 0 bridgehead atoms. The highest BCUT2D eigenvalue weighted by Gasteiger charge is 2.16. The van der Waals surface area contributed by atoms with E-state index in [1.54, 1.807) is 0 Å². The average Bonchev–Trinajstić information content (AvgIpc) is 2.35. The van der Waals surface area contributed by atoms with E-state index in [4.69, 9.17) is 0 Å². The molecule has 2 rings (SSSR count). The third kappa shape index (κ3) is 2.73. The van der Waals surface area contributed by atoms with Gasteiger partial charge in [-0.05, 0) is 12.1 Å². The Labute approximate surface area is 105 Å². The van der Waals surface area contributed by atoms with Crippen molar-refractivity contribution in [2.24, 2.45) is 0 Å². The second-order valence-corrected chi connectivity index (χ2v) is 3.68. The third-order valence-electron chi connectivity index (χ3n) is 2.36. The summed E-state index contributed by atoms with van der Waals surface area (Å²) in [6.07, 6.45) is 0. The van der Waals surface area contributed by atoms with Crippen molar-refractivity contribution >= 4 is 11.6 Å². The van der Waals surface area contributed by atoms with E-state index in [-0.39, 0.29) is 5.56 Å². The zero-order valence-electron chi connectivity index (χ0n) is 9.38. The fourth-order valence-corrected chi connectivity index (χ4v) is 1.48. The first-order valence-corrected chi connectivity index (χ1v) is 5.19. The number of amides is 1. The number of benzene rings is 2. The molecule has 0 atom stereocenters. The van der Waals surface area contributed by atoms with Crippen LogP contribution >= 0.6 is 0 Å². The van der Waals surface area contributed by atoms with E-state index >= 15 is 0 Å². The summed E-state index contributed by atoms with van der Waals surface area (Å²) < 4.78 is 52.4. The van der Waals surface area contributed by atoms with Gasteiger partial charge in [0.15, 0.2) is 11.6 Å². The van der Waals surface area contributed by atoms with Gasteiger partial charge in [-0.15, -0.1) is 0 Å². The highest BCUT2D eigenvalue weighted by Crippen LogP contribution is 2.20. The van der Waals surface area contributed by atoms with Gasteiger partial charge in [-0.2, -0.15) is 0 Å². The first kappa shape index (κ1) is 13.1. The van der Waals surface area contributed by atoms with Crippen LogP contribution in [0.1, 0.15) is 10.4 Å². The molecule has 98 valence electrons. The minimum atomic E-state index is -1.44. The summed E-state index contributed by atoms with van der Waals surface area (Å²) >= 11 is 0. The summed E-state index contributed by atoms with van der Waals surface area (Å²) in [5.74, 6) is -5.73. The van der Waals surface area contributed by atoms with Crippen molar-refractivity contribution in [3.63, 3.8) is 0 Å². The minimum Gasteiger partial charge on any atom is -0.319 e. The van der Waals surface area contributed by atoms with Crippen LogP contribution < -0.4 is 5.32 Å². The van der Waals surface area contributed by atoms with E-state index in [0.29, 0.717) is 12.1 Å². The van der Waals surface area contributed by atoms with Crippen LogP contribution in [-0.2, 0) is 0 Å². The van der Waals surface area contributed by atoms with Gasteiger partial charge in [0.25, 0.3) is 5.91 Å². The Morgan fingerprint density at radius 1 is 0.947 bits per heavy atom. The Hall–Kier alpha value is -2.37. The third-order valence-corrected chi connectivity index (χ3v) is 2.36. The summed E-state index contributed by atoms with van der Waals surface area (Å²) in [7, 11) is 0. The Balaban J connectivity index is 2.32. The normalized spacial score (nSPS) is 10.3. The molecular formula is C13H7F4NO. The molecule has 0 aliphatic carbocycles. The van der Waals surface area contributed by atoms with Gasteiger partial charge in [-0.3, -0.25) is 4.79 Å². The quantitative estimate of drug-likeness (QED) is 0.656. The van der Waals surface area contributed by atoms with Crippen molar-refractivity contribution in [2.75, 3.05) is 5.32 Å². The molecule has 0 saturated heterocycles. The van der Waals surface area contributed by atoms with Crippen molar-refractivity contribution in [3.8, 4) is 0 Å². The molecule has 0 radical (unpaired) electrons. The maximum absolute atomic E-state index is 13.3. The number of halogens is 4. The predicted octanol–water partition coefficient (Wildman–Crippen LogP) is 3.50. The summed E-state index contributed by atoms with van der Waals surface area (Å²) in [5, 5.41) is 1.92. The molecule has 2 nitrogen and oxygen atoms in total. The second kappa shape index (κ2) is 5.09. The molecule has 0 saturated carbocycles. The van der Waals surface area contributed by atoms with Crippen LogP contribution in [0.25, 0.3) is 0 Å². The fraction of sp³-hybridized carbons (Fsp3) is 0. The van der Waals surface area contributed by atoms with E-state index in [0.717, 1.165) is 12.1 Å². The van der Waals surface area contributed by atoms with Crippen molar-refractivity contribution in [1.82, 2.24) is 0 Å². The molecule has 0 aliphatic heterocycles. The summed E-state index contributed by atoms with van der Waals surface area (Å²) in [6, 6.07) is 5.93. The zero-order valence-corrected chi connectivity index (χ0v) is 9.38. The van der Waals surface area contributed by atoms with E-state index in [1.165, 1.54) is 12.1 Å². The molecular weight excluding hydrogens is 262 g/mol. The molecule has 0 fully saturated rings. The van der Waals surface area contributed by atoms with E-state index < -0.39 is 34.9 Å². The van der Waals surface area contributed by atoms with Crippen molar-refractivity contribution in [1.29, 1.82) is 0 Å². The lowest BCUT2D eigenvalue weighted by molar-refractivity contribution is 0.102. The van der Waals surface area contributed by atoms with E-state index in [1.807, 2.05) is 5.32 Å². The summed E-state index contributed by atoms with van der Waals surface area (Å²) in [5.41, 5.74) is -1.04. The van der Waals surface area contributed by atoms with Gasteiger partial charge in [0.1, 0.15) is 11.6 Å². The fourth-order valence-electron chi connectivity index (χ4n) is 1.48. The lowest BCUT2D eigenvalue weighted by Gasteiger charge is -2.07. The maximum Gasteiger partial charge on any atom is 0.258 e. The van der Waals surface area contributed by atoms with Crippen LogP contribution in [0.5, 0.6) is 0 Å². The van der Waals surface area contributed by atoms with Gasteiger partial charge < -0.3 is 5.32 Å². The molecule has 2 aromatic carbocycles. The molecule has 2 aromatic rings. The highest BCUT2D eigenvalue weighted by molar-refractivity contribution is 6.04. The lowest BCUT2D eigenvalue weighted by Crippen LogP contribution is -2.15. The molecule has 0 spiro atoms.